The standard InChI is InChI=1S/C43H25N3O2/c1-3-12-26(13-4-1)29-24-25-35(40-37(29)33-18-9-10-21-36(33)47-40)43-45-41(28-15-5-2-6-16-28)44-42(46-43)34-20-11-19-31-32-23-22-27-14-7-8-17-30(27)38(32)48-39(31)34/h1-25H/i7D,8D,11D,14D,17D,19D,20D,22D,23D. The van der Waals surface area contributed by atoms with Crippen molar-refractivity contribution < 1.29 is 21.2 Å². The van der Waals surface area contributed by atoms with E-state index in [1.807, 2.05) is 97.1 Å². The number of aromatic nitrogens is 3. The number of hydrogen-bond acceptors (Lipinski definition) is 5. The Morgan fingerprint density at radius 3 is 1.94 bits per heavy atom. The first-order valence-corrected chi connectivity index (χ1v) is 15.2. The van der Waals surface area contributed by atoms with Crippen molar-refractivity contribution in [3.63, 3.8) is 0 Å². The maximum atomic E-state index is 9.21. The Morgan fingerprint density at radius 1 is 0.417 bits per heavy atom. The van der Waals surface area contributed by atoms with Crippen LogP contribution in [-0.4, -0.2) is 15.0 Å². The second-order valence-electron chi connectivity index (χ2n) is 11.3. The molecule has 0 radical (unpaired) electrons. The monoisotopic (exact) mass is 624 g/mol. The molecule has 0 spiro atoms. The molecule has 3 aromatic heterocycles. The summed E-state index contributed by atoms with van der Waals surface area (Å²) in [6.45, 7) is 0. The average Bonchev–Trinajstić information content (AvgIpc) is 3.83. The number of rotatable bonds is 4. The lowest BCUT2D eigenvalue weighted by atomic mass is 9.97. The highest BCUT2D eigenvalue weighted by molar-refractivity contribution is 6.18. The van der Waals surface area contributed by atoms with E-state index in [0.717, 1.165) is 21.9 Å². The van der Waals surface area contributed by atoms with Crippen molar-refractivity contribution in [2.75, 3.05) is 0 Å². The lowest BCUT2D eigenvalue weighted by Gasteiger charge is -2.10. The van der Waals surface area contributed by atoms with Gasteiger partial charge in [0.05, 0.1) is 23.5 Å². The second kappa shape index (κ2) is 10.5. The molecule has 48 heavy (non-hydrogen) atoms. The summed E-state index contributed by atoms with van der Waals surface area (Å²) in [4.78, 5) is 14.7. The molecule has 5 heteroatoms. The minimum atomic E-state index is -0.568. The first-order chi connectivity index (χ1) is 27.5. The molecule has 0 N–H and O–H groups in total. The fraction of sp³-hybridized carbons (Fsp3) is 0. The SMILES string of the molecule is [2H]c1c([2H])c([2H])c2c(oc3c4c([2H])c([2H])c([2H])c([2H])c4c([2H])c([2H])c32)c1-c1nc(-c2ccccc2)nc(-c2ccc(-c3ccccc3)c3c2oc2ccccc23)n1. The van der Waals surface area contributed by atoms with Gasteiger partial charge in [-0.1, -0.05) is 127 Å². The number of hydrogen-bond donors (Lipinski definition) is 0. The zero-order valence-electron chi connectivity index (χ0n) is 33.9. The highest BCUT2D eigenvalue weighted by atomic mass is 16.3. The van der Waals surface area contributed by atoms with Crippen LogP contribution in [0.3, 0.4) is 0 Å². The van der Waals surface area contributed by atoms with Crippen LogP contribution < -0.4 is 0 Å². The van der Waals surface area contributed by atoms with E-state index in [9.17, 15) is 1.37 Å². The molecule has 224 valence electrons. The Hall–Kier alpha value is -6.59. The Labute approximate surface area is 287 Å². The van der Waals surface area contributed by atoms with Gasteiger partial charge in [-0.2, -0.15) is 0 Å². The van der Waals surface area contributed by atoms with Gasteiger partial charge in [-0.15, -0.1) is 0 Å². The molecule has 0 saturated heterocycles. The van der Waals surface area contributed by atoms with Gasteiger partial charge in [-0.05, 0) is 40.7 Å². The molecular formula is C43H25N3O2. The second-order valence-corrected chi connectivity index (χ2v) is 11.3. The van der Waals surface area contributed by atoms with Gasteiger partial charge in [0.25, 0.3) is 0 Å². The highest BCUT2D eigenvalue weighted by Gasteiger charge is 2.22. The quantitative estimate of drug-likeness (QED) is 0.195. The van der Waals surface area contributed by atoms with Gasteiger partial charge < -0.3 is 8.83 Å². The van der Waals surface area contributed by atoms with E-state index in [4.69, 9.17) is 34.8 Å². The molecule has 0 aliphatic heterocycles. The van der Waals surface area contributed by atoms with Crippen molar-refractivity contribution in [1.82, 2.24) is 15.0 Å². The minimum absolute atomic E-state index is 0.0797. The topological polar surface area (TPSA) is 65.0 Å². The predicted octanol–water partition coefficient (Wildman–Crippen LogP) is 11.5. The molecule has 3 heterocycles. The van der Waals surface area contributed by atoms with E-state index in [0.29, 0.717) is 22.3 Å². The summed E-state index contributed by atoms with van der Waals surface area (Å²) >= 11 is 0. The molecule has 10 aromatic rings. The summed E-state index contributed by atoms with van der Waals surface area (Å²) in [6.07, 6.45) is 0. The van der Waals surface area contributed by atoms with Gasteiger partial charge in [-0.25, -0.2) is 15.0 Å². The van der Waals surface area contributed by atoms with Crippen molar-refractivity contribution in [3.8, 4) is 45.3 Å². The maximum Gasteiger partial charge on any atom is 0.167 e. The first-order valence-electron chi connectivity index (χ1n) is 19.7. The number of benzene rings is 7. The zero-order chi connectivity index (χ0) is 39.4. The normalized spacial score (nSPS) is 14.4. The van der Waals surface area contributed by atoms with Gasteiger partial charge >= 0.3 is 0 Å². The van der Waals surface area contributed by atoms with E-state index in [-0.39, 0.29) is 55.7 Å². The molecule has 5 nitrogen and oxygen atoms in total. The number of fused-ring (bicyclic) bond motifs is 8. The lowest BCUT2D eigenvalue weighted by molar-refractivity contribution is 0.669. The number of para-hydroxylation sites is 2. The lowest BCUT2D eigenvalue weighted by Crippen LogP contribution is -2.00. The van der Waals surface area contributed by atoms with Crippen LogP contribution in [0.5, 0.6) is 0 Å². The minimum Gasteiger partial charge on any atom is -0.455 e. The van der Waals surface area contributed by atoms with E-state index in [1.54, 1.807) is 0 Å². The molecule has 0 aliphatic rings. The van der Waals surface area contributed by atoms with Crippen LogP contribution in [0.2, 0.25) is 0 Å². The fourth-order valence-electron chi connectivity index (χ4n) is 6.28. The van der Waals surface area contributed by atoms with Gasteiger partial charge in [0, 0.05) is 32.5 Å². The number of furan rings is 2. The molecule has 0 atom stereocenters. The third-order valence-electron chi connectivity index (χ3n) is 8.48. The first kappa shape index (κ1) is 19.2. The Bertz CT molecular complexity index is 3350. The van der Waals surface area contributed by atoms with Gasteiger partial charge in [-0.3, -0.25) is 0 Å². The van der Waals surface area contributed by atoms with E-state index < -0.39 is 54.4 Å². The van der Waals surface area contributed by atoms with E-state index >= 15 is 0 Å². The van der Waals surface area contributed by atoms with E-state index in [2.05, 4.69) is 0 Å². The van der Waals surface area contributed by atoms with E-state index in [1.165, 1.54) is 0 Å². The van der Waals surface area contributed by atoms with Crippen molar-refractivity contribution in [2.24, 2.45) is 0 Å². The fourth-order valence-corrected chi connectivity index (χ4v) is 6.28. The molecule has 0 amide bonds. The molecule has 10 rings (SSSR count). The largest absolute Gasteiger partial charge is 0.455 e. The van der Waals surface area contributed by atoms with Crippen LogP contribution in [0, 0.1) is 0 Å². The Balaban J connectivity index is 1.33. The smallest absolute Gasteiger partial charge is 0.167 e. The molecular weight excluding hydrogens is 590 g/mol. The average molecular weight is 625 g/mol. The number of nitrogens with zero attached hydrogens (tertiary/aromatic N) is 3. The van der Waals surface area contributed by atoms with Crippen LogP contribution in [0.1, 0.15) is 12.3 Å². The Morgan fingerprint density at radius 2 is 1.08 bits per heavy atom. The summed E-state index contributed by atoms with van der Waals surface area (Å²) < 4.78 is 91.9. The third-order valence-corrected chi connectivity index (χ3v) is 8.48. The summed E-state index contributed by atoms with van der Waals surface area (Å²) in [5.41, 5.74) is 3.81. The van der Waals surface area contributed by atoms with Crippen LogP contribution in [0.4, 0.5) is 0 Å². The molecule has 0 saturated carbocycles. The molecule has 0 unspecified atom stereocenters. The predicted molar refractivity (Wildman–Crippen MR) is 194 cm³/mol. The van der Waals surface area contributed by atoms with Crippen molar-refractivity contribution >= 4 is 54.6 Å². The summed E-state index contributed by atoms with van der Waals surface area (Å²) in [5, 5.41) is 1.19. The summed E-state index contributed by atoms with van der Waals surface area (Å²) in [6, 6.07) is 26.1. The highest BCUT2D eigenvalue weighted by Crippen LogP contribution is 2.42. The third kappa shape index (κ3) is 4.08. The summed E-state index contributed by atoms with van der Waals surface area (Å²) in [7, 11) is 0. The van der Waals surface area contributed by atoms with Gasteiger partial charge in [0.2, 0.25) is 0 Å². The van der Waals surface area contributed by atoms with Crippen LogP contribution >= 0.6 is 0 Å². The van der Waals surface area contributed by atoms with Crippen LogP contribution in [0.15, 0.2) is 160 Å². The van der Waals surface area contributed by atoms with Gasteiger partial charge in [0.15, 0.2) is 17.5 Å². The van der Waals surface area contributed by atoms with Crippen molar-refractivity contribution in [3.05, 3.63) is 151 Å². The maximum absolute atomic E-state index is 9.21. The van der Waals surface area contributed by atoms with Crippen LogP contribution in [0.25, 0.3) is 99.9 Å². The molecule has 0 bridgehead atoms. The molecule has 0 fully saturated rings. The Kier molecular flexibility index (Phi) is 4.18. The summed E-state index contributed by atoms with van der Waals surface area (Å²) in [5.74, 6) is 0.329. The van der Waals surface area contributed by atoms with Crippen molar-refractivity contribution in [1.29, 1.82) is 0 Å². The molecule has 0 aliphatic carbocycles. The van der Waals surface area contributed by atoms with Crippen LogP contribution in [-0.2, 0) is 0 Å². The molecule has 7 aromatic carbocycles. The van der Waals surface area contributed by atoms with Crippen molar-refractivity contribution in [2.45, 2.75) is 0 Å². The van der Waals surface area contributed by atoms with Gasteiger partial charge in [0.1, 0.15) is 22.3 Å². The zero-order valence-corrected chi connectivity index (χ0v) is 24.9.